The predicted molar refractivity (Wildman–Crippen MR) is 79.9 cm³/mol. The van der Waals surface area contributed by atoms with Crippen molar-refractivity contribution >= 4 is 17.5 Å². The van der Waals surface area contributed by atoms with Crippen LogP contribution in [0.2, 0.25) is 5.02 Å². The highest BCUT2D eigenvalue weighted by atomic mass is 35.5. The van der Waals surface area contributed by atoms with Crippen LogP contribution < -0.4 is 5.32 Å². The number of nitrogens with one attached hydrogen (secondary N) is 1. The van der Waals surface area contributed by atoms with E-state index in [1.165, 1.54) is 6.07 Å². The fourth-order valence-electron chi connectivity index (χ4n) is 1.82. The van der Waals surface area contributed by atoms with Gasteiger partial charge in [-0.15, -0.1) is 0 Å². The maximum absolute atomic E-state index is 11.9. The van der Waals surface area contributed by atoms with Crippen LogP contribution in [0.3, 0.4) is 0 Å². The molecule has 0 heterocycles. The van der Waals surface area contributed by atoms with Gasteiger partial charge in [0.15, 0.2) is 0 Å². The number of hydrogen-bond acceptors (Lipinski definition) is 3. The summed E-state index contributed by atoms with van der Waals surface area (Å²) in [5, 5.41) is 22.0. The van der Waals surface area contributed by atoms with E-state index in [4.69, 9.17) is 16.9 Å². The van der Waals surface area contributed by atoms with E-state index < -0.39 is 6.10 Å². The zero-order valence-electron chi connectivity index (χ0n) is 11.1. The highest BCUT2D eigenvalue weighted by Gasteiger charge is 2.11. The Kier molecular flexibility index (Phi) is 4.94. The largest absolute Gasteiger partial charge is 0.387 e. The number of halogens is 1. The minimum absolute atomic E-state index is 0.0806. The first-order valence-electron chi connectivity index (χ1n) is 6.32. The van der Waals surface area contributed by atoms with Crippen molar-refractivity contribution in [2.45, 2.75) is 6.10 Å². The van der Waals surface area contributed by atoms with E-state index in [0.717, 1.165) is 0 Å². The maximum Gasteiger partial charge on any atom is 0.251 e. The molecule has 0 saturated heterocycles. The number of benzene rings is 2. The molecule has 1 atom stereocenters. The number of carbonyl (C=O) groups is 1. The number of amides is 1. The summed E-state index contributed by atoms with van der Waals surface area (Å²) < 4.78 is 0. The van der Waals surface area contributed by atoms with Crippen LogP contribution in [0.15, 0.2) is 48.5 Å². The Morgan fingerprint density at radius 2 is 2.00 bits per heavy atom. The standard InChI is InChI=1S/C16H13ClN2O2/c17-14-6-4-12(5-7-14)15(20)10-19-16(21)13-3-1-2-11(8-13)9-18/h1-8,15,20H,10H2,(H,19,21). The maximum atomic E-state index is 11.9. The average Bonchev–Trinajstić information content (AvgIpc) is 2.53. The molecule has 0 radical (unpaired) electrons. The van der Waals surface area contributed by atoms with Crippen LogP contribution in [0, 0.1) is 11.3 Å². The molecule has 4 nitrogen and oxygen atoms in total. The predicted octanol–water partition coefficient (Wildman–Crippen LogP) is 2.68. The van der Waals surface area contributed by atoms with Crippen LogP contribution in [0.5, 0.6) is 0 Å². The third-order valence-electron chi connectivity index (χ3n) is 2.96. The highest BCUT2D eigenvalue weighted by molar-refractivity contribution is 6.30. The average molecular weight is 301 g/mol. The monoisotopic (exact) mass is 300 g/mol. The fraction of sp³-hybridized carbons (Fsp3) is 0.125. The molecule has 2 aromatic carbocycles. The summed E-state index contributed by atoms with van der Waals surface area (Å²) >= 11 is 5.77. The lowest BCUT2D eigenvalue weighted by Gasteiger charge is -2.12. The molecular formula is C16H13ClN2O2. The van der Waals surface area contributed by atoms with Crippen LogP contribution >= 0.6 is 11.6 Å². The molecule has 21 heavy (non-hydrogen) atoms. The molecule has 0 spiro atoms. The topological polar surface area (TPSA) is 73.1 Å². The van der Waals surface area contributed by atoms with Crippen molar-refractivity contribution in [3.05, 3.63) is 70.2 Å². The van der Waals surface area contributed by atoms with Crippen LogP contribution in [0.25, 0.3) is 0 Å². The summed E-state index contributed by atoms with van der Waals surface area (Å²) in [4.78, 5) is 11.9. The summed E-state index contributed by atoms with van der Waals surface area (Å²) in [5.74, 6) is -0.333. The first-order chi connectivity index (χ1) is 10.1. The van der Waals surface area contributed by atoms with Gasteiger partial charge in [-0.25, -0.2) is 0 Å². The van der Waals surface area contributed by atoms with Gasteiger partial charge in [-0.1, -0.05) is 29.8 Å². The Morgan fingerprint density at radius 1 is 1.29 bits per heavy atom. The van der Waals surface area contributed by atoms with Crippen molar-refractivity contribution < 1.29 is 9.90 Å². The zero-order chi connectivity index (χ0) is 15.2. The first-order valence-corrected chi connectivity index (χ1v) is 6.70. The number of nitriles is 1. The fourth-order valence-corrected chi connectivity index (χ4v) is 1.95. The molecule has 0 fully saturated rings. The van der Waals surface area contributed by atoms with Gasteiger partial charge in [0.1, 0.15) is 0 Å². The summed E-state index contributed by atoms with van der Waals surface area (Å²) in [6, 6.07) is 15.1. The summed E-state index contributed by atoms with van der Waals surface area (Å²) in [7, 11) is 0. The molecule has 5 heteroatoms. The lowest BCUT2D eigenvalue weighted by atomic mass is 10.1. The van der Waals surface area contributed by atoms with Crippen molar-refractivity contribution in [3.8, 4) is 6.07 Å². The smallest absolute Gasteiger partial charge is 0.251 e. The third-order valence-corrected chi connectivity index (χ3v) is 3.22. The molecule has 0 aliphatic carbocycles. The van der Waals surface area contributed by atoms with Crippen molar-refractivity contribution in [1.29, 1.82) is 5.26 Å². The van der Waals surface area contributed by atoms with Crippen molar-refractivity contribution in [3.63, 3.8) is 0 Å². The molecule has 0 saturated carbocycles. The number of rotatable bonds is 4. The van der Waals surface area contributed by atoms with Gasteiger partial charge in [-0.2, -0.15) is 5.26 Å². The Labute approximate surface area is 127 Å². The molecule has 0 aliphatic rings. The Hall–Kier alpha value is -2.35. The molecular weight excluding hydrogens is 288 g/mol. The lowest BCUT2D eigenvalue weighted by Crippen LogP contribution is -2.28. The van der Waals surface area contributed by atoms with E-state index in [-0.39, 0.29) is 12.5 Å². The lowest BCUT2D eigenvalue weighted by molar-refractivity contribution is 0.0916. The molecule has 2 aromatic rings. The molecule has 2 N–H and O–H groups in total. The van der Waals surface area contributed by atoms with Crippen molar-refractivity contribution in [2.24, 2.45) is 0 Å². The zero-order valence-corrected chi connectivity index (χ0v) is 11.8. The Morgan fingerprint density at radius 3 is 2.67 bits per heavy atom. The minimum atomic E-state index is -0.814. The van der Waals surface area contributed by atoms with E-state index in [0.29, 0.717) is 21.7 Å². The van der Waals surface area contributed by atoms with E-state index in [9.17, 15) is 9.90 Å². The van der Waals surface area contributed by atoms with Gasteiger partial charge in [-0.3, -0.25) is 4.79 Å². The van der Waals surface area contributed by atoms with Crippen LogP contribution in [0.4, 0.5) is 0 Å². The summed E-state index contributed by atoms with van der Waals surface area (Å²) in [6.45, 7) is 0.0806. The number of aliphatic hydroxyl groups is 1. The second-order valence-corrected chi connectivity index (χ2v) is 4.91. The van der Waals surface area contributed by atoms with E-state index in [1.54, 1.807) is 42.5 Å². The minimum Gasteiger partial charge on any atom is -0.387 e. The Balaban J connectivity index is 1.97. The number of aliphatic hydroxyl groups excluding tert-OH is 1. The number of hydrogen-bond donors (Lipinski definition) is 2. The normalized spacial score (nSPS) is 11.5. The first kappa shape index (κ1) is 15.0. The molecule has 106 valence electrons. The van der Waals surface area contributed by atoms with E-state index in [1.807, 2.05) is 6.07 Å². The van der Waals surface area contributed by atoms with Crippen molar-refractivity contribution in [2.75, 3.05) is 6.54 Å². The van der Waals surface area contributed by atoms with Gasteiger partial charge in [0.2, 0.25) is 0 Å². The van der Waals surface area contributed by atoms with Gasteiger partial charge in [-0.05, 0) is 35.9 Å². The van der Waals surface area contributed by atoms with E-state index >= 15 is 0 Å². The van der Waals surface area contributed by atoms with Gasteiger partial charge in [0, 0.05) is 17.1 Å². The molecule has 2 rings (SSSR count). The molecule has 0 aromatic heterocycles. The van der Waals surface area contributed by atoms with E-state index in [2.05, 4.69) is 5.32 Å². The van der Waals surface area contributed by atoms with Crippen LogP contribution in [0.1, 0.15) is 27.6 Å². The van der Waals surface area contributed by atoms with Gasteiger partial charge in [0.05, 0.1) is 17.7 Å². The SMILES string of the molecule is N#Cc1cccc(C(=O)NCC(O)c2ccc(Cl)cc2)c1. The molecule has 1 amide bonds. The second kappa shape index (κ2) is 6.89. The summed E-state index contributed by atoms with van der Waals surface area (Å²) in [5.41, 5.74) is 1.48. The molecule has 0 aliphatic heterocycles. The summed E-state index contributed by atoms with van der Waals surface area (Å²) in [6.07, 6.45) is -0.814. The van der Waals surface area contributed by atoms with Gasteiger partial charge in [0.25, 0.3) is 5.91 Å². The van der Waals surface area contributed by atoms with Gasteiger partial charge >= 0.3 is 0 Å². The Bertz CT molecular complexity index is 677. The third kappa shape index (κ3) is 4.06. The van der Waals surface area contributed by atoms with Crippen LogP contribution in [-0.4, -0.2) is 17.6 Å². The van der Waals surface area contributed by atoms with Gasteiger partial charge < -0.3 is 10.4 Å². The quantitative estimate of drug-likeness (QED) is 0.911. The molecule has 1 unspecified atom stereocenters. The van der Waals surface area contributed by atoms with Crippen LogP contribution in [-0.2, 0) is 0 Å². The second-order valence-electron chi connectivity index (χ2n) is 4.47. The number of nitrogens with zero attached hydrogens (tertiary/aromatic N) is 1. The van der Waals surface area contributed by atoms with Crippen molar-refractivity contribution in [1.82, 2.24) is 5.32 Å². The highest BCUT2D eigenvalue weighted by Crippen LogP contribution is 2.16. The molecule has 0 bridgehead atoms. The number of carbonyl (C=O) groups excluding carboxylic acids is 1.